The van der Waals surface area contributed by atoms with E-state index in [1.807, 2.05) is 35.2 Å². The van der Waals surface area contributed by atoms with Crippen LogP contribution in [0.2, 0.25) is 0 Å². The summed E-state index contributed by atoms with van der Waals surface area (Å²) in [5.41, 5.74) is 1.41. The van der Waals surface area contributed by atoms with Crippen molar-refractivity contribution in [3.05, 3.63) is 46.4 Å². The van der Waals surface area contributed by atoms with Gasteiger partial charge in [-0.1, -0.05) is 18.2 Å². The number of hydrogen-bond donors (Lipinski definition) is 1. The fourth-order valence-corrected chi connectivity index (χ4v) is 4.23. The zero-order valence-electron chi connectivity index (χ0n) is 17.2. The molecule has 2 heterocycles. The number of thioether (sulfide) groups is 1. The summed E-state index contributed by atoms with van der Waals surface area (Å²) in [5, 5.41) is 2.34. The first-order valence-corrected chi connectivity index (χ1v) is 11.0. The van der Waals surface area contributed by atoms with Gasteiger partial charge in [-0.05, 0) is 45.2 Å². The van der Waals surface area contributed by atoms with Gasteiger partial charge >= 0.3 is 0 Å². The zero-order chi connectivity index (χ0) is 21.0. The van der Waals surface area contributed by atoms with E-state index in [2.05, 4.69) is 5.32 Å². The van der Waals surface area contributed by atoms with Crippen molar-refractivity contribution in [2.45, 2.75) is 38.4 Å². The summed E-state index contributed by atoms with van der Waals surface area (Å²) in [7, 11) is 1.79. The highest BCUT2D eigenvalue weighted by Gasteiger charge is 2.23. The maximum atomic E-state index is 12.9. The number of nitrogens with zero attached hydrogens (tertiary/aromatic N) is 3. The molecule has 1 aliphatic rings. The van der Waals surface area contributed by atoms with E-state index in [0.717, 1.165) is 31.6 Å². The predicted octanol–water partition coefficient (Wildman–Crippen LogP) is 2.56. The van der Waals surface area contributed by atoms with Crippen LogP contribution in [-0.4, -0.2) is 50.2 Å². The largest absolute Gasteiger partial charge is 0.342 e. The van der Waals surface area contributed by atoms with E-state index in [0.29, 0.717) is 5.69 Å². The second-order valence-electron chi connectivity index (χ2n) is 7.32. The van der Waals surface area contributed by atoms with Gasteiger partial charge in [0.15, 0.2) is 0 Å². The highest BCUT2D eigenvalue weighted by atomic mass is 32.2. The molecule has 2 amide bonds. The van der Waals surface area contributed by atoms with Crippen LogP contribution >= 0.6 is 11.8 Å². The average molecular weight is 417 g/mol. The van der Waals surface area contributed by atoms with Crippen LogP contribution in [0.1, 0.15) is 31.9 Å². The quantitative estimate of drug-likeness (QED) is 0.785. The number of benzene rings is 1. The van der Waals surface area contributed by atoms with Crippen molar-refractivity contribution in [3.63, 3.8) is 0 Å². The summed E-state index contributed by atoms with van der Waals surface area (Å²) in [6, 6.07) is 9.30. The SMILES string of the molecule is Cc1c(NC(=O)C(C)SCC(=O)N2CCCCC2)c(=O)n(-c2ccccc2)n1C. The number of likely N-dealkylation sites (tertiary alicyclic amines) is 1. The van der Waals surface area contributed by atoms with Gasteiger partial charge < -0.3 is 10.2 Å². The Morgan fingerprint density at radius 3 is 2.45 bits per heavy atom. The van der Waals surface area contributed by atoms with E-state index in [4.69, 9.17) is 0 Å². The molecular formula is C21H28N4O3S. The van der Waals surface area contributed by atoms with Gasteiger partial charge in [-0.25, -0.2) is 4.68 Å². The molecule has 0 radical (unpaired) electrons. The Morgan fingerprint density at radius 1 is 1.14 bits per heavy atom. The lowest BCUT2D eigenvalue weighted by Gasteiger charge is -2.26. The molecule has 1 aromatic heterocycles. The normalized spacial score (nSPS) is 15.2. The zero-order valence-corrected chi connectivity index (χ0v) is 18.0. The number of hydrogen-bond acceptors (Lipinski definition) is 4. The van der Waals surface area contributed by atoms with Crippen molar-refractivity contribution in [2.24, 2.45) is 7.05 Å². The second kappa shape index (κ2) is 9.35. The summed E-state index contributed by atoms with van der Waals surface area (Å²) in [6.45, 7) is 5.18. The Hall–Kier alpha value is -2.48. The van der Waals surface area contributed by atoms with E-state index in [1.165, 1.54) is 22.9 Å². The topological polar surface area (TPSA) is 76.3 Å². The summed E-state index contributed by atoms with van der Waals surface area (Å²) in [5.74, 6) is 0.0838. The van der Waals surface area contributed by atoms with Crippen molar-refractivity contribution >= 4 is 29.3 Å². The lowest BCUT2D eigenvalue weighted by Crippen LogP contribution is -2.37. The Bertz CT molecular complexity index is 929. The van der Waals surface area contributed by atoms with Crippen LogP contribution in [0, 0.1) is 6.92 Å². The van der Waals surface area contributed by atoms with E-state index >= 15 is 0 Å². The van der Waals surface area contributed by atoms with Crippen LogP contribution in [0.25, 0.3) is 5.69 Å². The first-order valence-electron chi connectivity index (χ1n) is 9.94. The molecule has 0 bridgehead atoms. The minimum atomic E-state index is -0.437. The minimum absolute atomic E-state index is 0.0803. The molecular weight excluding hydrogens is 388 g/mol. The first-order chi connectivity index (χ1) is 13.9. The predicted molar refractivity (Wildman–Crippen MR) is 117 cm³/mol. The maximum absolute atomic E-state index is 12.9. The number of para-hydroxylation sites is 1. The molecule has 29 heavy (non-hydrogen) atoms. The third-order valence-electron chi connectivity index (χ3n) is 5.34. The summed E-state index contributed by atoms with van der Waals surface area (Å²) in [6.07, 6.45) is 3.27. The number of carbonyl (C=O) groups excluding carboxylic acids is 2. The van der Waals surface area contributed by atoms with Crippen LogP contribution in [0.5, 0.6) is 0 Å². The highest BCUT2D eigenvalue weighted by Crippen LogP contribution is 2.18. The Kier molecular flexibility index (Phi) is 6.84. The molecule has 1 saturated heterocycles. The van der Waals surface area contributed by atoms with Crippen LogP contribution < -0.4 is 10.9 Å². The number of amides is 2. The van der Waals surface area contributed by atoms with Gasteiger partial charge in [0.05, 0.1) is 22.4 Å². The number of aromatic nitrogens is 2. The van der Waals surface area contributed by atoms with Gasteiger partial charge in [0, 0.05) is 20.1 Å². The average Bonchev–Trinajstić information content (AvgIpc) is 2.96. The van der Waals surface area contributed by atoms with Crippen LogP contribution in [0.4, 0.5) is 5.69 Å². The lowest BCUT2D eigenvalue weighted by atomic mass is 10.1. The van der Waals surface area contributed by atoms with Crippen molar-refractivity contribution in [1.82, 2.24) is 14.3 Å². The van der Waals surface area contributed by atoms with Crippen molar-refractivity contribution < 1.29 is 9.59 Å². The van der Waals surface area contributed by atoms with E-state index < -0.39 is 5.25 Å². The first kappa shape index (κ1) is 21.2. The van der Waals surface area contributed by atoms with Gasteiger partial charge in [-0.3, -0.25) is 19.1 Å². The van der Waals surface area contributed by atoms with Crippen LogP contribution in [-0.2, 0) is 16.6 Å². The molecule has 1 aromatic carbocycles. The molecule has 156 valence electrons. The van der Waals surface area contributed by atoms with Crippen molar-refractivity contribution in [3.8, 4) is 5.69 Å². The molecule has 3 rings (SSSR count). The molecule has 1 N–H and O–H groups in total. The number of rotatable bonds is 6. The summed E-state index contributed by atoms with van der Waals surface area (Å²) < 4.78 is 3.26. The Morgan fingerprint density at radius 2 is 1.79 bits per heavy atom. The fraction of sp³-hybridized carbons (Fsp3) is 0.476. The Balaban J connectivity index is 1.66. The smallest absolute Gasteiger partial charge is 0.295 e. The molecule has 1 fully saturated rings. The molecule has 2 aromatic rings. The monoisotopic (exact) mass is 416 g/mol. The van der Waals surface area contributed by atoms with Gasteiger partial charge in [0.2, 0.25) is 11.8 Å². The molecule has 1 atom stereocenters. The number of nitrogens with one attached hydrogen (secondary N) is 1. The molecule has 0 saturated carbocycles. The maximum Gasteiger partial charge on any atom is 0.295 e. The van der Waals surface area contributed by atoms with Crippen molar-refractivity contribution in [1.29, 1.82) is 0 Å². The fourth-order valence-electron chi connectivity index (χ4n) is 3.44. The molecule has 1 unspecified atom stereocenters. The van der Waals surface area contributed by atoms with Gasteiger partial charge in [-0.15, -0.1) is 11.8 Å². The summed E-state index contributed by atoms with van der Waals surface area (Å²) >= 11 is 1.31. The molecule has 0 aliphatic carbocycles. The third kappa shape index (κ3) is 4.75. The van der Waals surface area contributed by atoms with E-state index in [9.17, 15) is 14.4 Å². The van der Waals surface area contributed by atoms with Gasteiger partial charge in [0.25, 0.3) is 5.56 Å². The second-order valence-corrected chi connectivity index (χ2v) is 8.65. The number of piperidine rings is 1. The minimum Gasteiger partial charge on any atom is -0.342 e. The van der Waals surface area contributed by atoms with E-state index in [1.54, 1.807) is 25.6 Å². The standard InChI is InChI=1S/C21H28N4O3S/c1-15-19(21(28)25(23(15)3)17-10-6-4-7-11-17)22-20(27)16(2)29-14-18(26)24-12-8-5-9-13-24/h4,6-7,10-11,16H,5,8-9,12-14H2,1-3H3,(H,22,27). The Labute approximate surface area is 175 Å². The molecule has 8 heteroatoms. The number of anilines is 1. The van der Waals surface area contributed by atoms with Crippen LogP contribution in [0.15, 0.2) is 35.1 Å². The molecule has 7 nitrogen and oxygen atoms in total. The molecule has 1 aliphatic heterocycles. The number of carbonyl (C=O) groups is 2. The van der Waals surface area contributed by atoms with Crippen LogP contribution in [0.3, 0.4) is 0 Å². The molecule has 0 spiro atoms. The lowest BCUT2D eigenvalue weighted by molar-refractivity contribution is -0.129. The van der Waals surface area contributed by atoms with Gasteiger partial charge in [0.1, 0.15) is 5.69 Å². The highest BCUT2D eigenvalue weighted by molar-refractivity contribution is 8.01. The third-order valence-corrected chi connectivity index (χ3v) is 6.46. The van der Waals surface area contributed by atoms with E-state index in [-0.39, 0.29) is 28.8 Å². The van der Waals surface area contributed by atoms with Gasteiger partial charge in [-0.2, -0.15) is 0 Å². The summed E-state index contributed by atoms with van der Waals surface area (Å²) in [4.78, 5) is 39.7. The van der Waals surface area contributed by atoms with Crippen molar-refractivity contribution in [2.75, 3.05) is 24.2 Å².